The normalized spacial score (nSPS) is 12.2. The summed E-state index contributed by atoms with van der Waals surface area (Å²) in [5.74, 6) is 0.880. The maximum atomic E-state index is 12.1. The Bertz CT molecular complexity index is 603. The van der Waals surface area contributed by atoms with Crippen LogP contribution in [0.2, 0.25) is 0 Å². The van der Waals surface area contributed by atoms with Gasteiger partial charge in [-0.3, -0.25) is 4.79 Å². The summed E-state index contributed by atoms with van der Waals surface area (Å²) in [5, 5.41) is 12.0. The number of rotatable bonds is 8. The average molecular weight is 316 g/mol. The van der Waals surface area contributed by atoms with E-state index < -0.39 is 0 Å². The predicted octanol–water partition coefficient (Wildman–Crippen LogP) is 3.31. The fourth-order valence-electron chi connectivity index (χ4n) is 1.88. The van der Waals surface area contributed by atoms with Crippen LogP contribution in [0.3, 0.4) is 0 Å². The molecule has 0 aliphatic rings. The van der Waals surface area contributed by atoms with Gasteiger partial charge >= 0.3 is 0 Å². The van der Waals surface area contributed by atoms with Crippen LogP contribution in [0.1, 0.15) is 39.7 Å². The Labute approximate surface area is 137 Å². The zero-order valence-corrected chi connectivity index (χ0v) is 14.2. The van der Waals surface area contributed by atoms with Crippen molar-refractivity contribution < 1.29 is 14.3 Å². The number of benzene rings is 1. The number of ether oxygens (including phenoxy) is 2. The van der Waals surface area contributed by atoms with E-state index in [2.05, 4.69) is 5.32 Å². The molecular weight excluding hydrogens is 292 g/mol. The minimum Gasteiger partial charge on any atom is -0.490 e. The number of hydrogen-bond acceptors (Lipinski definition) is 4. The molecule has 1 N–H and O–H groups in total. The molecule has 0 heterocycles. The monoisotopic (exact) mass is 316 g/mol. The minimum absolute atomic E-state index is 0.0264. The van der Waals surface area contributed by atoms with Crippen LogP contribution in [0.25, 0.3) is 6.08 Å². The lowest BCUT2D eigenvalue weighted by Gasteiger charge is -2.12. The molecule has 0 spiro atoms. The maximum Gasteiger partial charge on any atom is 0.262 e. The van der Waals surface area contributed by atoms with E-state index in [1.54, 1.807) is 24.3 Å². The van der Waals surface area contributed by atoms with E-state index in [0.717, 1.165) is 6.42 Å². The van der Waals surface area contributed by atoms with E-state index in [1.807, 2.05) is 33.8 Å². The van der Waals surface area contributed by atoms with Gasteiger partial charge in [0.05, 0.1) is 13.2 Å². The molecule has 0 bridgehead atoms. The summed E-state index contributed by atoms with van der Waals surface area (Å²) < 4.78 is 11.1. The number of nitrogens with zero attached hydrogens (tertiary/aromatic N) is 1. The fraction of sp³-hybridized carbons (Fsp3) is 0.444. The van der Waals surface area contributed by atoms with Crippen molar-refractivity contribution in [3.05, 3.63) is 29.3 Å². The largest absolute Gasteiger partial charge is 0.490 e. The van der Waals surface area contributed by atoms with Gasteiger partial charge in [-0.15, -0.1) is 0 Å². The molecule has 0 aromatic heterocycles. The topological polar surface area (TPSA) is 71.3 Å². The molecule has 0 aliphatic carbocycles. The standard InChI is InChI=1S/C18H24N2O3/c1-5-13(4)20-18(21)15(12-19)10-14-8-9-16(22-6-2)17(11-14)23-7-3/h8-11,13H,5-7H2,1-4H3,(H,20,21)/b15-10+/t13-/m0/s1. The molecule has 23 heavy (non-hydrogen) atoms. The van der Waals surface area contributed by atoms with E-state index in [1.165, 1.54) is 0 Å². The summed E-state index contributed by atoms with van der Waals surface area (Å²) in [6, 6.07) is 7.31. The van der Waals surface area contributed by atoms with Gasteiger partial charge in [0.15, 0.2) is 11.5 Å². The van der Waals surface area contributed by atoms with Gasteiger partial charge in [0.25, 0.3) is 5.91 Å². The van der Waals surface area contributed by atoms with Crippen LogP contribution < -0.4 is 14.8 Å². The Morgan fingerprint density at radius 1 is 1.26 bits per heavy atom. The second-order valence-corrected chi connectivity index (χ2v) is 5.02. The smallest absolute Gasteiger partial charge is 0.262 e. The van der Waals surface area contributed by atoms with Gasteiger partial charge in [-0.2, -0.15) is 5.26 Å². The Balaban J connectivity index is 3.06. The van der Waals surface area contributed by atoms with Crippen molar-refractivity contribution in [2.24, 2.45) is 0 Å². The SMILES string of the molecule is CCOc1ccc(/C=C(\C#N)C(=O)N[C@@H](C)CC)cc1OCC. The Kier molecular flexibility index (Phi) is 7.69. The number of carbonyl (C=O) groups excluding carboxylic acids is 1. The lowest BCUT2D eigenvalue weighted by Crippen LogP contribution is -2.32. The quantitative estimate of drug-likeness (QED) is 0.590. The van der Waals surface area contributed by atoms with Crippen molar-refractivity contribution >= 4 is 12.0 Å². The van der Waals surface area contributed by atoms with Crippen molar-refractivity contribution in [2.75, 3.05) is 13.2 Å². The molecular formula is C18H24N2O3. The molecule has 0 radical (unpaired) electrons. The molecule has 0 saturated heterocycles. The molecule has 1 rings (SSSR count). The first-order valence-electron chi connectivity index (χ1n) is 7.87. The number of nitriles is 1. The molecule has 0 aliphatic heterocycles. The molecule has 1 amide bonds. The van der Waals surface area contributed by atoms with Crippen LogP contribution >= 0.6 is 0 Å². The van der Waals surface area contributed by atoms with Crippen LogP contribution in [0, 0.1) is 11.3 Å². The molecule has 5 heteroatoms. The Hall–Kier alpha value is -2.48. The van der Waals surface area contributed by atoms with Gasteiger partial charge in [0.2, 0.25) is 0 Å². The van der Waals surface area contributed by atoms with Gasteiger partial charge < -0.3 is 14.8 Å². The summed E-state index contributed by atoms with van der Waals surface area (Å²) in [7, 11) is 0. The van der Waals surface area contributed by atoms with Gasteiger partial charge in [0.1, 0.15) is 11.6 Å². The first-order valence-corrected chi connectivity index (χ1v) is 7.87. The third kappa shape index (κ3) is 5.67. The summed E-state index contributed by atoms with van der Waals surface area (Å²) >= 11 is 0. The highest BCUT2D eigenvalue weighted by atomic mass is 16.5. The highest BCUT2D eigenvalue weighted by molar-refractivity contribution is 6.01. The van der Waals surface area contributed by atoms with Gasteiger partial charge in [-0.25, -0.2) is 0 Å². The highest BCUT2D eigenvalue weighted by Crippen LogP contribution is 2.29. The highest BCUT2D eigenvalue weighted by Gasteiger charge is 2.12. The third-order valence-electron chi connectivity index (χ3n) is 3.23. The number of amides is 1. The van der Waals surface area contributed by atoms with Crippen LogP contribution in [0.4, 0.5) is 0 Å². The van der Waals surface area contributed by atoms with Crippen molar-refractivity contribution in [1.29, 1.82) is 5.26 Å². The molecule has 0 unspecified atom stereocenters. The van der Waals surface area contributed by atoms with Crippen molar-refractivity contribution in [2.45, 2.75) is 40.2 Å². The van der Waals surface area contributed by atoms with Crippen LogP contribution in [-0.4, -0.2) is 25.2 Å². The van der Waals surface area contributed by atoms with Crippen LogP contribution in [0.15, 0.2) is 23.8 Å². The second kappa shape index (κ2) is 9.52. The first kappa shape index (κ1) is 18.6. The summed E-state index contributed by atoms with van der Waals surface area (Å²) in [6.07, 6.45) is 2.36. The van der Waals surface area contributed by atoms with E-state index in [-0.39, 0.29) is 17.5 Å². The van der Waals surface area contributed by atoms with Crippen LogP contribution in [0.5, 0.6) is 11.5 Å². The summed E-state index contributed by atoms with van der Waals surface area (Å²) in [4.78, 5) is 12.1. The van der Waals surface area contributed by atoms with Crippen molar-refractivity contribution in [1.82, 2.24) is 5.32 Å². The summed E-state index contributed by atoms with van der Waals surface area (Å²) in [6.45, 7) is 8.70. The average Bonchev–Trinajstić information content (AvgIpc) is 2.54. The molecule has 0 fully saturated rings. The maximum absolute atomic E-state index is 12.1. The van der Waals surface area contributed by atoms with E-state index in [9.17, 15) is 10.1 Å². The molecule has 1 atom stereocenters. The lowest BCUT2D eigenvalue weighted by atomic mass is 10.1. The third-order valence-corrected chi connectivity index (χ3v) is 3.23. The first-order chi connectivity index (χ1) is 11.0. The fourth-order valence-corrected chi connectivity index (χ4v) is 1.88. The van der Waals surface area contributed by atoms with Crippen molar-refractivity contribution in [3.63, 3.8) is 0 Å². The van der Waals surface area contributed by atoms with E-state index in [0.29, 0.717) is 30.3 Å². The molecule has 1 aromatic carbocycles. The summed E-state index contributed by atoms with van der Waals surface area (Å²) in [5.41, 5.74) is 0.782. The number of hydrogen-bond donors (Lipinski definition) is 1. The second-order valence-electron chi connectivity index (χ2n) is 5.02. The van der Waals surface area contributed by atoms with E-state index in [4.69, 9.17) is 9.47 Å². The zero-order valence-electron chi connectivity index (χ0n) is 14.2. The van der Waals surface area contributed by atoms with Gasteiger partial charge in [0, 0.05) is 6.04 Å². The Morgan fingerprint density at radius 3 is 2.48 bits per heavy atom. The van der Waals surface area contributed by atoms with Crippen LogP contribution in [-0.2, 0) is 4.79 Å². The van der Waals surface area contributed by atoms with Crippen molar-refractivity contribution in [3.8, 4) is 17.6 Å². The number of nitrogens with one attached hydrogen (secondary N) is 1. The number of carbonyl (C=O) groups is 1. The predicted molar refractivity (Wildman–Crippen MR) is 90.3 cm³/mol. The van der Waals surface area contributed by atoms with E-state index >= 15 is 0 Å². The lowest BCUT2D eigenvalue weighted by molar-refractivity contribution is -0.117. The molecule has 1 aromatic rings. The Morgan fingerprint density at radius 2 is 1.91 bits per heavy atom. The minimum atomic E-state index is -0.367. The zero-order chi connectivity index (χ0) is 17.2. The van der Waals surface area contributed by atoms with Gasteiger partial charge in [-0.1, -0.05) is 13.0 Å². The molecule has 5 nitrogen and oxygen atoms in total. The molecule has 0 saturated carbocycles. The van der Waals surface area contributed by atoms with Gasteiger partial charge in [-0.05, 0) is 51.0 Å². The molecule has 124 valence electrons.